The van der Waals surface area contributed by atoms with Crippen molar-refractivity contribution in [2.24, 2.45) is 0 Å². The van der Waals surface area contributed by atoms with Gasteiger partial charge >= 0.3 is 0 Å². The molecule has 0 spiro atoms. The van der Waals surface area contributed by atoms with E-state index < -0.39 is 6.10 Å². The molecular weight excluding hydrogens is 239 g/mol. The molecule has 1 saturated carbocycles. The van der Waals surface area contributed by atoms with E-state index in [1.807, 2.05) is 0 Å². The first-order valence-electron chi connectivity index (χ1n) is 5.91. The lowest BCUT2D eigenvalue weighted by atomic mass is 9.88. The van der Waals surface area contributed by atoms with Crippen LogP contribution >= 0.6 is 0 Å². The molecule has 0 radical (unpaired) electrons. The highest BCUT2D eigenvalue weighted by Gasteiger charge is 2.42. The van der Waals surface area contributed by atoms with Crippen LogP contribution in [-0.2, 0) is 9.47 Å². The monoisotopic (exact) mass is 256 g/mol. The van der Waals surface area contributed by atoms with Gasteiger partial charge in [0, 0.05) is 13.5 Å². The molecule has 3 unspecified atom stereocenters. The lowest BCUT2D eigenvalue weighted by molar-refractivity contribution is -0.167. The Morgan fingerprint density at radius 1 is 1.28 bits per heavy atom. The van der Waals surface area contributed by atoms with Gasteiger partial charge in [-0.05, 0) is 24.3 Å². The van der Waals surface area contributed by atoms with E-state index in [1.54, 1.807) is 19.2 Å². The zero-order chi connectivity index (χ0) is 13.0. The zero-order valence-electron chi connectivity index (χ0n) is 10.2. The van der Waals surface area contributed by atoms with Crippen molar-refractivity contribution in [3.05, 3.63) is 30.1 Å². The number of methoxy groups -OCH3 is 1. The molecule has 0 bridgehead atoms. The molecule has 1 fully saturated rings. The summed E-state index contributed by atoms with van der Waals surface area (Å²) in [6, 6.07) is 5.80. The Kier molecular flexibility index (Phi) is 4.52. The average molecular weight is 256 g/mol. The summed E-state index contributed by atoms with van der Waals surface area (Å²) < 4.78 is 28.7. The van der Waals surface area contributed by atoms with Crippen LogP contribution in [0.2, 0.25) is 0 Å². The van der Waals surface area contributed by atoms with Crippen LogP contribution in [0.1, 0.15) is 6.42 Å². The minimum absolute atomic E-state index is 0.192. The van der Waals surface area contributed by atoms with Crippen molar-refractivity contribution in [1.82, 2.24) is 0 Å². The van der Waals surface area contributed by atoms with Crippen LogP contribution in [-0.4, -0.2) is 43.7 Å². The van der Waals surface area contributed by atoms with Gasteiger partial charge in [-0.25, -0.2) is 4.39 Å². The van der Waals surface area contributed by atoms with Crippen LogP contribution in [0.15, 0.2) is 24.3 Å². The van der Waals surface area contributed by atoms with Gasteiger partial charge in [0.2, 0.25) is 0 Å². The van der Waals surface area contributed by atoms with E-state index >= 15 is 0 Å². The summed E-state index contributed by atoms with van der Waals surface area (Å²) in [5.74, 6) is 0.275. The molecule has 0 heterocycles. The highest BCUT2D eigenvalue weighted by molar-refractivity contribution is 5.23. The molecule has 0 amide bonds. The molecule has 100 valence electrons. The van der Waals surface area contributed by atoms with Crippen LogP contribution in [0.25, 0.3) is 0 Å². The van der Waals surface area contributed by atoms with E-state index in [1.165, 1.54) is 12.1 Å². The lowest BCUT2D eigenvalue weighted by Gasteiger charge is -2.40. The Balaban J connectivity index is 1.83. The molecule has 2 rings (SSSR count). The van der Waals surface area contributed by atoms with Crippen molar-refractivity contribution in [2.45, 2.75) is 24.7 Å². The summed E-state index contributed by atoms with van der Waals surface area (Å²) in [6.45, 7) is 0.897. The summed E-state index contributed by atoms with van der Waals surface area (Å²) in [6.07, 6.45) is -0.519. The molecule has 1 aliphatic carbocycles. The predicted molar refractivity (Wildman–Crippen MR) is 63.1 cm³/mol. The van der Waals surface area contributed by atoms with E-state index in [-0.39, 0.29) is 18.0 Å². The topological polar surface area (TPSA) is 47.9 Å². The highest BCUT2D eigenvalue weighted by Crippen LogP contribution is 2.29. The van der Waals surface area contributed by atoms with E-state index in [0.717, 1.165) is 0 Å². The van der Waals surface area contributed by atoms with Gasteiger partial charge in [-0.3, -0.25) is 0 Å². The molecule has 3 atom stereocenters. The summed E-state index contributed by atoms with van der Waals surface area (Å²) in [5, 5.41) is 9.59. The van der Waals surface area contributed by atoms with Gasteiger partial charge in [0.1, 0.15) is 23.8 Å². The van der Waals surface area contributed by atoms with Gasteiger partial charge in [-0.1, -0.05) is 0 Å². The summed E-state index contributed by atoms with van der Waals surface area (Å²) >= 11 is 0. The van der Waals surface area contributed by atoms with Crippen molar-refractivity contribution < 1.29 is 23.7 Å². The molecule has 1 N–H and O–H groups in total. The number of ether oxygens (including phenoxy) is 3. The van der Waals surface area contributed by atoms with E-state index in [9.17, 15) is 9.50 Å². The summed E-state index contributed by atoms with van der Waals surface area (Å²) in [4.78, 5) is 0. The zero-order valence-corrected chi connectivity index (χ0v) is 10.2. The van der Waals surface area contributed by atoms with Crippen molar-refractivity contribution in [2.75, 3.05) is 20.3 Å². The Morgan fingerprint density at radius 2 is 2.00 bits per heavy atom. The van der Waals surface area contributed by atoms with Crippen molar-refractivity contribution in [1.29, 1.82) is 0 Å². The van der Waals surface area contributed by atoms with Crippen LogP contribution in [0, 0.1) is 5.82 Å². The minimum atomic E-state index is -0.507. The highest BCUT2D eigenvalue weighted by atomic mass is 19.1. The Hall–Kier alpha value is -1.17. The number of rotatable bonds is 6. The van der Waals surface area contributed by atoms with Crippen LogP contribution < -0.4 is 4.74 Å². The van der Waals surface area contributed by atoms with Gasteiger partial charge in [0.05, 0.1) is 19.3 Å². The van der Waals surface area contributed by atoms with Crippen LogP contribution in [0.4, 0.5) is 4.39 Å². The first kappa shape index (κ1) is 13.3. The van der Waals surface area contributed by atoms with Gasteiger partial charge in [-0.2, -0.15) is 0 Å². The maximum atomic E-state index is 12.7. The number of benzene rings is 1. The largest absolute Gasteiger partial charge is 0.488 e. The number of hydrogen-bond donors (Lipinski definition) is 1. The van der Waals surface area contributed by atoms with Crippen LogP contribution in [0.5, 0.6) is 5.75 Å². The third-order valence-corrected chi connectivity index (χ3v) is 2.92. The van der Waals surface area contributed by atoms with E-state index in [2.05, 4.69) is 0 Å². The molecule has 5 heteroatoms. The van der Waals surface area contributed by atoms with Crippen molar-refractivity contribution in [3.63, 3.8) is 0 Å². The van der Waals surface area contributed by atoms with E-state index in [4.69, 9.17) is 14.2 Å². The second kappa shape index (κ2) is 6.13. The molecule has 18 heavy (non-hydrogen) atoms. The first-order chi connectivity index (χ1) is 8.70. The van der Waals surface area contributed by atoms with Gasteiger partial charge < -0.3 is 19.3 Å². The predicted octanol–water partition coefficient (Wildman–Crippen LogP) is 1.37. The van der Waals surface area contributed by atoms with Crippen molar-refractivity contribution in [3.8, 4) is 5.75 Å². The molecule has 1 aliphatic rings. The standard InChI is InChI=1S/C13H17FO4/c1-16-6-7-17-13-11(15)8-12(13)18-10-4-2-9(14)3-5-10/h2-5,11-13,15H,6-8H2,1H3. The summed E-state index contributed by atoms with van der Waals surface area (Å²) in [7, 11) is 1.59. The number of hydrogen-bond acceptors (Lipinski definition) is 4. The van der Waals surface area contributed by atoms with Gasteiger partial charge in [0.15, 0.2) is 0 Å². The minimum Gasteiger partial charge on any atom is -0.488 e. The number of aliphatic hydroxyl groups excluding tert-OH is 1. The quantitative estimate of drug-likeness (QED) is 0.781. The third kappa shape index (κ3) is 3.19. The molecule has 1 aromatic rings. The first-order valence-corrected chi connectivity index (χ1v) is 5.91. The van der Waals surface area contributed by atoms with Crippen LogP contribution in [0.3, 0.4) is 0 Å². The SMILES string of the molecule is COCCOC1C(O)CC1Oc1ccc(F)cc1. The third-order valence-electron chi connectivity index (χ3n) is 2.92. The maximum Gasteiger partial charge on any atom is 0.130 e. The summed E-state index contributed by atoms with van der Waals surface area (Å²) in [5.41, 5.74) is 0. The van der Waals surface area contributed by atoms with E-state index in [0.29, 0.717) is 25.4 Å². The molecule has 0 aromatic heterocycles. The van der Waals surface area contributed by atoms with Crippen molar-refractivity contribution >= 4 is 0 Å². The second-order valence-corrected chi connectivity index (χ2v) is 4.24. The number of halogens is 1. The molecule has 4 nitrogen and oxygen atoms in total. The van der Waals surface area contributed by atoms with Gasteiger partial charge in [0.25, 0.3) is 0 Å². The Morgan fingerprint density at radius 3 is 2.61 bits per heavy atom. The fraction of sp³-hybridized carbons (Fsp3) is 0.538. The number of aliphatic hydroxyl groups is 1. The lowest BCUT2D eigenvalue weighted by Crippen LogP contribution is -2.55. The smallest absolute Gasteiger partial charge is 0.130 e. The molecule has 0 saturated heterocycles. The Labute approximate surface area is 105 Å². The van der Waals surface area contributed by atoms with Gasteiger partial charge in [-0.15, -0.1) is 0 Å². The maximum absolute atomic E-state index is 12.7. The molecule has 0 aliphatic heterocycles. The fourth-order valence-electron chi connectivity index (χ4n) is 1.85. The average Bonchev–Trinajstić information content (AvgIpc) is 2.36. The Bertz CT molecular complexity index is 368. The second-order valence-electron chi connectivity index (χ2n) is 4.24. The molecule has 1 aromatic carbocycles. The fourth-order valence-corrected chi connectivity index (χ4v) is 1.85. The molecular formula is C13H17FO4. The normalized spacial score (nSPS) is 26.7.